The number of urea groups is 1. The predicted molar refractivity (Wildman–Crippen MR) is 125 cm³/mol. The smallest absolute Gasteiger partial charge is 0.322 e. The number of ether oxygens (including phenoxy) is 2. The molecule has 1 aliphatic heterocycles. The van der Waals surface area contributed by atoms with Gasteiger partial charge in [0.1, 0.15) is 5.75 Å². The Balaban J connectivity index is 1.77. The number of hydrogen-bond acceptors (Lipinski definition) is 6. The fourth-order valence-corrected chi connectivity index (χ4v) is 3.95. The van der Waals surface area contributed by atoms with Crippen LogP contribution in [0, 0.1) is 5.82 Å². The van der Waals surface area contributed by atoms with Crippen LogP contribution in [0.5, 0.6) is 11.5 Å². The molecule has 2 aromatic carbocycles. The van der Waals surface area contributed by atoms with Crippen molar-refractivity contribution in [2.24, 2.45) is 0 Å². The summed E-state index contributed by atoms with van der Waals surface area (Å²) in [4.78, 5) is 19.2. The highest BCUT2D eigenvalue weighted by Gasteiger charge is 2.35. The maximum atomic E-state index is 14.2. The Bertz CT molecular complexity index is 1210. The monoisotopic (exact) mass is 466 g/mol. The van der Waals surface area contributed by atoms with Gasteiger partial charge in [0, 0.05) is 17.8 Å². The molecule has 0 saturated carbocycles. The van der Waals surface area contributed by atoms with Crippen LogP contribution < -0.4 is 14.8 Å². The molecule has 3 aromatic rings. The summed E-state index contributed by atoms with van der Waals surface area (Å²) in [5, 5.41) is 7.14. The van der Waals surface area contributed by atoms with E-state index in [1.165, 1.54) is 19.2 Å². The molecule has 2 heterocycles. The van der Waals surface area contributed by atoms with Crippen LogP contribution in [-0.4, -0.2) is 41.8 Å². The standard InChI is InChI=1S/C25H27FN4O4/c1-5-6-13-30-15(2)21(22(27-25(30)31)16-7-10-18(32-3)11-8-16)24-28-23(29-34-24)17-9-12-20(33-4)19(26)14-17/h7-12,14,22H,5-6,13H2,1-4H3,(H,27,31). The second kappa shape index (κ2) is 9.94. The Morgan fingerprint density at radius 3 is 2.56 bits per heavy atom. The zero-order valence-corrected chi connectivity index (χ0v) is 19.6. The number of carbonyl (C=O) groups is 1. The maximum Gasteiger partial charge on any atom is 0.322 e. The van der Waals surface area contributed by atoms with E-state index in [4.69, 9.17) is 14.0 Å². The van der Waals surface area contributed by atoms with Crippen molar-refractivity contribution < 1.29 is 23.2 Å². The fourth-order valence-electron chi connectivity index (χ4n) is 3.95. The lowest BCUT2D eigenvalue weighted by Crippen LogP contribution is -2.46. The van der Waals surface area contributed by atoms with E-state index in [1.807, 2.05) is 31.2 Å². The highest BCUT2D eigenvalue weighted by atomic mass is 19.1. The molecule has 2 amide bonds. The van der Waals surface area contributed by atoms with Gasteiger partial charge in [-0.25, -0.2) is 9.18 Å². The van der Waals surface area contributed by atoms with Crippen LogP contribution in [0.2, 0.25) is 0 Å². The number of methoxy groups -OCH3 is 2. The quantitative estimate of drug-likeness (QED) is 0.491. The molecule has 8 nitrogen and oxygen atoms in total. The van der Waals surface area contributed by atoms with Crippen molar-refractivity contribution in [1.82, 2.24) is 20.4 Å². The fraction of sp³-hybridized carbons (Fsp3) is 0.320. The summed E-state index contributed by atoms with van der Waals surface area (Å²) in [6, 6.07) is 11.2. The van der Waals surface area contributed by atoms with Crippen molar-refractivity contribution in [1.29, 1.82) is 0 Å². The number of rotatable bonds is 8. The second-order valence-corrected chi connectivity index (χ2v) is 7.93. The molecule has 0 fully saturated rings. The van der Waals surface area contributed by atoms with Crippen LogP contribution in [-0.2, 0) is 0 Å². The van der Waals surface area contributed by atoms with Gasteiger partial charge < -0.3 is 19.3 Å². The van der Waals surface area contributed by atoms with E-state index in [1.54, 1.807) is 18.1 Å². The van der Waals surface area contributed by atoms with Gasteiger partial charge >= 0.3 is 6.03 Å². The van der Waals surface area contributed by atoms with Crippen molar-refractivity contribution in [2.45, 2.75) is 32.7 Å². The molecule has 1 atom stereocenters. The number of aromatic nitrogens is 2. The van der Waals surface area contributed by atoms with Gasteiger partial charge in [0.05, 0.1) is 25.8 Å². The molecule has 0 saturated heterocycles. The molecule has 1 aromatic heterocycles. The minimum Gasteiger partial charge on any atom is -0.497 e. The van der Waals surface area contributed by atoms with Gasteiger partial charge in [-0.3, -0.25) is 4.90 Å². The molecule has 0 bridgehead atoms. The first-order valence-electron chi connectivity index (χ1n) is 11.1. The van der Waals surface area contributed by atoms with E-state index in [9.17, 15) is 9.18 Å². The van der Waals surface area contributed by atoms with Gasteiger partial charge in [-0.05, 0) is 49.2 Å². The number of carbonyl (C=O) groups excluding carboxylic acids is 1. The summed E-state index contributed by atoms with van der Waals surface area (Å²) in [5.41, 5.74) is 2.71. The average Bonchev–Trinajstić information content (AvgIpc) is 3.33. The predicted octanol–water partition coefficient (Wildman–Crippen LogP) is 5.19. The van der Waals surface area contributed by atoms with Crippen molar-refractivity contribution in [3.8, 4) is 22.9 Å². The summed E-state index contributed by atoms with van der Waals surface area (Å²) in [7, 11) is 3.00. The molecule has 0 spiro atoms. The van der Waals surface area contributed by atoms with Crippen LogP contribution >= 0.6 is 0 Å². The van der Waals surface area contributed by atoms with E-state index in [-0.39, 0.29) is 23.5 Å². The Hall–Kier alpha value is -3.88. The van der Waals surface area contributed by atoms with Crippen LogP contribution in [0.3, 0.4) is 0 Å². The SMILES string of the molecule is CCCCN1C(=O)NC(c2ccc(OC)cc2)C(c2nc(-c3ccc(OC)c(F)c3)no2)=C1C. The van der Waals surface area contributed by atoms with Crippen LogP contribution in [0.25, 0.3) is 17.0 Å². The summed E-state index contributed by atoms with van der Waals surface area (Å²) in [5.74, 6) is 0.813. The Morgan fingerprint density at radius 1 is 1.15 bits per heavy atom. The third kappa shape index (κ3) is 4.46. The third-order valence-corrected chi connectivity index (χ3v) is 5.85. The number of hydrogen-bond donors (Lipinski definition) is 1. The van der Waals surface area contributed by atoms with Crippen LogP contribution in [0.15, 0.2) is 52.7 Å². The largest absolute Gasteiger partial charge is 0.497 e. The number of amides is 2. The lowest BCUT2D eigenvalue weighted by Gasteiger charge is -2.35. The number of benzene rings is 2. The summed E-state index contributed by atoms with van der Waals surface area (Å²) < 4.78 is 30.1. The Kier molecular flexibility index (Phi) is 6.81. The number of halogens is 1. The van der Waals surface area contributed by atoms with E-state index in [2.05, 4.69) is 22.4 Å². The lowest BCUT2D eigenvalue weighted by atomic mass is 9.94. The first kappa shape index (κ1) is 23.3. The van der Waals surface area contributed by atoms with Gasteiger partial charge in [0.2, 0.25) is 5.82 Å². The van der Waals surface area contributed by atoms with E-state index < -0.39 is 11.9 Å². The van der Waals surface area contributed by atoms with Gasteiger partial charge in [-0.15, -0.1) is 0 Å². The second-order valence-electron chi connectivity index (χ2n) is 7.93. The molecule has 178 valence electrons. The Labute approximate surface area is 197 Å². The van der Waals surface area contributed by atoms with E-state index in [0.717, 1.165) is 24.1 Å². The van der Waals surface area contributed by atoms with Gasteiger partial charge in [0.25, 0.3) is 5.89 Å². The number of unbranched alkanes of at least 4 members (excludes halogenated alkanes) is 1. The molecule has 1 aliphatic rings. The third-order valence-electron chi connectivity index (χ3n) is 5.85. The molecule has 1 unspecified atom stereocenters. The van der Waals surface area contributed by atoms with Crippen molar-refractivity contribution in [2.75, 3.05) is 20.8 Å². The molecule has 0 aliphatic carbocycles. The van der Waals surface area contributed by atoms with Gasteiger partial charge in [0.15, 0.2) is 11.6 Å². The van der Waals surface area contributed by atoms with Crippen LogP contribution in [0.1, 0.15) is 44.2 Å². The molecule has 34 heavy (non-hydrogen) atoms. The topological polar surface area (TPSA) is 89.7 Å². The highest BCUT2D eigenvalue weighted by Crippen LogP contribution is 2.38. The number of nitrogens with one attached hydrogen (secondary N) is 1. The molecule has 1 N–H and O–H groups in total. The maximum absolute atomic E-state index is 14.2. The summed E-state index contributed by atoms with van der Waals surface area (Å²) >= 11 is 0. The lowest BCUT2D eigenvalue weighted by molar-refractivity contribution is 0.204. The highest BCUT2D eigenvalue weighted by molar-refractivity contribution is 5.86. The summed E-state index contributed by atoms with van der Waals surface area (Å²) in [6.45, 7) is 4.51. The van der Waals surface area contributed by atoms with E-state index in [0.29, 0.717) is 23.4 Å². The molecular formula is C25H27FN4O4. The minimum atomic E-state index is -0.520. The molecular weight excluding hydrogens is 439 g/mol. The van der Waals surface area contributed by atoms with Crippen molar-refractivity contribution in [3.63, 3.8) is 0 Å². The first-order chi connectivity index (χ1) is 16.5. The van der Waals surface area contributed by atoms with Crippen LogP contribution in [0.4, 0.5) is 9.18 Å². The number of allylic oxidation sites excluding steroid dienone is 1. The zero-order valence-electron chi connectivity index (χ0n) is 19.6. The molecule has 9 heteroatoms. The van der Waals surface area contributed by atoms with Gasteiger partial charge in [-0.2, -0.15) is 4.98 Å². The van der Waals surface area contributed by atoms with Crippen molar-refractivity contribution >= 4 is 11.6 Å². The van der Waals surface area contributed by atoms with Gasteiger partial charge in [-0.1, -0.05) is 30.6 Å². The first-order valence-corrected chi connectivity index (χ1v) is 11.1. The molecule has 0 radical (unpaired) electrons. The minimum absolute atomic E-state index is 0.132. The van der Waals surface area contributed by atoms with E-state index >= 15 is 0 Å². The Morgan fingerprint density at radius 2 is 1.91 bits per heavy atom. The molecule has 4 rings (SSSR count). The zero-order chi connectivity index (χ0) is 24.2. The average molecular weight is 467 g/mol. The normalized spacial score (nSPS) is 16.0. The summed E-state index contributed by atoms with van der Waals surface area (Å²) in [6.07, 6.45) is 1.80. The number of nitrogens with zero attached hydrogens (tertiary/aromatic N) is 3. The van der Waals surface area contributed by atoms with Crippen molar-refractivity contribution in [3.05, 3.63) is 65.4 Å².